The first-order valence-electron chi connectivity index (χ1n) is 6.04. The van der Waals surface area contributed by atoms with Crippen LogP contribution >= 0.6 is 11.6 Å². The number of anilines is 1. The summed E-state index contributed by atoms with van der Waals surface area (Å²) < 4.78 is 10.7. The fraction of sp³-hybridized carbons (Fsp3) is 0.462. The molecule has 1 saturated carbocycles. The minimum Gasteiger partial charge on any atom is -0.488 e. The molecular formula is C13H16ClNO3. The van der Waals surface area contributed by atoms with Crippen LogP contribution in [0.5, 0.6) is 5.75 Å². The van der Waals surface area contributed by atoms with Crippen LogP contribution < -0.4 is 10.5 Å². The number of hydrogen-bond acceptors (Lipinski definition) is 4. The molecule has 18 heavy (non-hydrogen) atoms. The Morgan fingerprint density at radius 3 is 2.78 bits per heavy atom. The quantitative estimate of drug-likeness (QED) is 0.674. The lowest BCUT2D eigenvalue weighted by molar-refractivity contribution is 0.0512. The van der Waals surface area contributed by atoms with Crippen LogP contribution in [0.4, 0.5) is 5.69 Å². The van der Waals surface area contributed by atoms with Crippen LogP contribution in [0.1, 0.15) is 36.5 Å². The predicted molar refractivity (Wildman–Crippen MR) is 70.1 cm³/mol. The normalized spacial score (nSPS) is 15.0. The third-order valence-electron chi connectivity index (χ3n) is 2.90. The molecule has 0 amide bonds. The number of rotatable bonds is 4. The third kappa shape index (κ3) is 2.70. The van der Waals surface area contributed by atoms with Crippen molar-refractivity contribution in [2.24, 2.45) is 0 Å². The van der Waals surface area contributed by atoms with Gasteiger partial charge in [0, 0.05) is 5.69 Å². The number of carbonyl (C=O) groups is 1. The van der Waals surface area contributed by atoms with Crippen LogP contribution in [0.15, 0.2) is 12.1 Å². The molecule has 0 saturated heterocycles. The summed E-state index contributed by atoms with van der Waals surface area (Å²) in [5.74, 6) is -0.0740. The Bertz CT molecular complexity index is 458. The number of nitrogen functional groups attached to an aromatic ring is 1. The molecule has 0 radical (unpaired) electrons. The summed E-state index contributed by atoms with van der Waals surface area (Å²) in [7, 11) is 0. The van der Waals surface area contributed by atoms with Crippen LogP contribution in [-0.4, -0.2) is 18.7 Å². The molecule has 0 bridgehead atoms. The van der Waals surface area contributed by atoms with E-state index in [0.29, 0.717) is 28.6 Å². The van der Waals surface area contributed by atoms with Crippen molar-refractivity contribution in [2.45, 2.75) is 32.3 Å². The van der Waals surface area contributed by atoms with E-state index in [0.717, 1.165) is 19.3 Å². The van der Waals surface area contributed by atoms with Gasteiger partial charge in [0.25, 0.3) is 0 Å². The summed E-state index contributed by atoms with van der Waals surface area (Å²) in [6, 6.07) is 3.12. The van der Waals surface area contributed by atoms with E-state index in [2.05, 4.69) is 0 Å². The first-order chi connectivity index (χ1) is 8.61. The predicted octanol–water partition coefficient (Wildman–Crippen LogP) is 3.03. The van der Waals surface area contributed by atoms with Crippen molar-refractivity contribution in [3.63, 3.8) is 0 Å². The van der Waals surface area contributed by atoms with E-state index in [1.165, 1.54) is 6.07 Å². The molecule has 1 aromatic carbocycles. The largest absolute Gasteiger partial charge is 0.488 e. The highest BCUT2D eigenvalue weighted by molar-refractivity contribution is 6.33. The zero-order valence-electron chi connectivity index (χ0n) is 10.2. The molecule has 0 aliphatic heterocycles. The van der Waals surface area contributed by atoms with Crippen LogP contribution in [0, 0.1) is 0 Å². The Morgan fingerprint density at radius 2 is 2.22 bits per heavy atom. The Kier molecular flexibility index (Phi) is 3.97. The second-order valence-corrected chi connectivity index (χ2v) is 4.68. The monoisotopic (exact) mass is 269 g/mol. The summed E-state index contributed by atoms with van der Waals surface area (Å²) in [6.45, 7) is 2.05. The average Bonchev–Trinajstić information content (AvgIpc) is 2.24. The second-order valence-electron chi connectivity index (χ2n) is 4.27. The van der Waals surface area contributed by atoms with Gasteiger partial charge in [0.1, 0.15) is 5.56 Å². The molecule has 1 aliphatic rings. The fourth-order valence-corrected chi connectivity index (χ4v) is 2.02. The van der Waals surface area contributed by atoms with Gasteiger partial charge in [-0.15, -0.1) is 0 Å². The van der Waals surface area contributed by atoms with Gasteiger partial charge in [-0.25, -0.2) is 4.79 Å². The second kappa shape index (κ2) is 5.48. The maximum Gasteiger partial charge on any atom is 0.342 e. The van der Waals surface area contributed by atoms with Crippen molar-refractivity contribution in [3.8, 4) is 5.75 Å². The molecule has 1 fully saturated rings. The SMILES string of the molecule is CCOC(=O)c1cc(N)cc(Cl)c1OC1CCC1. The highest BCUT2D eigenvalue weighted by Gasteiger charge is 2.24. The zero-order valence-corrected chi connectivity index (χ0v) is 11.0. The van der Waals surface area contributed by atoms with E-state index in [-0.39, 0.29) is 6.10 Å². The van der Waals surface area contributed by atoms with Crippen molar-refractivity contribution in [1.82, 2.24) is 0 Å². The summed E-state index contributed by atoms with van der Waals surface area (Å²) in [5, 5.41) is 0.352. The van der Waals surface area contributed by atoms with Crippen LogP contribution in [0.25, 0.3) is 0 Å². The Morgan fingerprint density at radius 1 is 1.50 bits per heavy atom. The summed E-state index contributed by atoms with van der Waals surface area (Å²) >= 11 is 6.09. The molecular weight excluding hydrogens is 254 g/mol. The Balaban J connectivity index is 2.31. The topological polar surface area (TPSA) is 61.5 Å². The van der Waals surface area contributed by atoms with Gasteiger partial charge in [0.05, 0.1) is 17.7 Å². The molecule has 0 atom stereocenters. The molecule has 1 aromatic rings. The van der Waals surface area contributed by atoms with Gasteiger partial charge in [-0.3, -0.25) is 0 Å². The van der Waals surface area contributed by atoms with Gasteiger partial charge in [-0.05, 0) is 38.3 Å². The van der Waals surface area contributed by atoms with Gasteiger partial charge < -0.3 is 15.2 Å². The van der Waals surface area contributed by atoms with Crippen molar-refractivity contribution in [1.29, 1.82) is 0 Å². The molecule has 0 spiro atoms. The van der Waals surface area contributed by atoms with Gasteiger partial charge in [-0.2, -0.15) is 0 Å². The van der Waals surface area contributed by atoms with Crippen LogP contribution in [0.3, 0.4) is 0 Å². The van der Waals surface area contributed by atoms with Crippen molar-refractivity contribution in [2.75, 3.05) is 12.3 Å². The van der Waals surface area contributed by atoms with Crippen molar-refractivity contribution >= 4 is 23.3 Å². The standard InChI is InChI=1S/C13H16ClNO3/c1-2-17-13(16)10-6-8(15)7-11(14)12(10)18-9-4-3-5-9/h6-7,9H,2-5,15H2,1H3. The maximum absolute atomic E-state index is 11.8. The van der Waals surface area contributed by atoms with E-state index in [1.807, 2.05) is 0 Å². The number of nitrogens with two attached hydrogens (primary N) is 1. The van der Waals surface area contributed by atoms with Crippen molar-refractivity contribution < 1.29 is 14.3 Å². The average molecular weight is 270 g/mol. The van der Waals surface area contributed by atoms with Gasteiger partial charge >= 0.3 is 5.97 Å². The minimum atomic E-state index is -0.457. The van der Waals surface area contributed by atoms with Gasteiger partial charge in [0.2, 0.25) is 0 Å². The minimum absolute atomic E-state index is 0.138. The molecule has 5 heteroatoms. The highest BCUT2D eigenvalue weighted by Crippen LogP contribution is 2.35. The lowest BCUT2D eigenvalue weighted by Gasteiger charge is -2.27. The Hall–Kier alpha value is -1.42. The fourth-order valence-electron chi connectivity index (χ4n) is 1.75. The lowest BCUT2D eigenvalue weighted by Crippen LogP contribution is -2.25. The van der Waals surface area contributed by atoms with Gasteiger partial charge in [0.15, 0.2) is 5.75 Å². The van der Waals surface area contributed by atoms with E-state index in [9.17, 15) is 4.79 Å². The summed E-state index contributed by atoms with van der Waals surface area (Å²) in [4.78, 5) is 11.8. The molecule has 4 nitrogen and oxygen atoms in total. The molecule has 0 unspecified atom stereocenters. The Labute approximate surface area is 111 Å². The molecule has 0 heterocycles. The first kappa shape index (κ1) is 13.0. The first-order valence-corrected chi connectivity index (χ1v) is 6.42. The molecule has 1 aliphatic carbocycles. The van der Waals surface area contributed by atoms with Gasteiger partial charge in [-0.1, -0.05) is 11.6 Å². The van der Waals surface area contributed by atoms with Crippen LogP contribution in [0.2, 0.25) is 5.02 Å². The van der Waals surface area contributed by atoms with E-state index < -0.39 is 5.97 Å². The van der Waals surface area contributed by atoms with Crippen molar-refractivity contribution in [3.05, 3.63) is 22.7 Å². The maximum atomic E-state index is 11.8. The number of ether oxygens (including phenoxy) is 2. The number of esters is 1. The van der Waals surface area contributed by atoms with Crippen LogP contribution in [-0.2, 0) is 4.74 Å². The molecule has 2 N–H and O–H groups in total. The van der Waals surface area contributed by atoms with E-state index in [1.54, 1.807) is 13.0 Å². The third-order valence-corrected chi connectivity index (χ3v) is 3.18. The number of benzene rings is 1. The summed E-state index contributed by atoms with van der Waals surface area (Å²) in [5.41, 5.74) is 6.41. The molecule has 2 rings (SSSR count). The molecule has 98 valence electrons. The summed E-state index contributed by atoms with van der Waals surface area (Å²) in [6.07, 6.45) is 3.26. The van der Waals surface area contributed by atoms with E-state index >= 15 is 0 Å². The molecule has 0 aromatic heterocycles. The highest BCUT2D eigenvalue weighted by atomic mass is 35.5. The number of halogens is 1. The zero-order chi connectivity index (χ0) is 13.1. The number of hydrogen-bond donors (Lipinski definition) is 1. The number of carbonyl (C=O) groups excluding carboxylic acids is 1. The van der Waals surface area contributed by atoms with E-state index in [4.69, 9.17) is 26.8 Å². The smallest absolute Gasteiger partial charge is 0.342 e. The lowest BCUT2D eigenvalue weighted by atomic mass is 9.96.